The molecular formula is C16H14F2N2S. The van der Waals surface area contributed by atoms with Crippen molar-refractivity contribution in [2.75, 3.05) is 5.32 Å². The molecule has 0 amide bonds. The van der Waals surface area contributed by atoms with Crippen LogP contribution in [-0.4, -0.2) is 4.99 Å². The third-order valence-corrected chi connectivity index (χ3v) is 3.93. The molecule has 0 aromatic heterocycles. The standard InChI is InChI=1S/C16H14F2N2S/c17-13-7-11(16(19)21)8-14(18)15(13)20-12-5-4-9-2-1-3-10(9)6-12/h4-8,20H,1-3H2,(H2,19,21). The number of benzene rings is 2. The molecule has 2 aromatic carbocycles. The number of hydrogen-bond acceptors (Lipinski definition) is 2. The lowest BCUT2D eigenvalue weighted by Gasteiger charge is -2.11. The first-order chi connectivity index (χ1) is 10.0. The largest absolute Gasteiger partial charge is 0.389 e. The summed E-state index contributed by atoms with van der Waals surface area (Å²) in [5.41, 5.74) is 8.61. The maximum Gasteiger partial charge on any atom is 0.150 e. The molecule has 108 valence electrons. The average Bonchev–Trinajstić information content (AvgIpc) is 2.90. The van der Waals surface area contributed by atoms with E-state index in [4.69, 9.17) is 18.0 Å². The van der Waals surface area contributed by atoms with Gasteiger partial charge < -0.3 is 11.1 Å². The Bertz CT molecular complexity index is 705. The molecule has 5 heteroatoms. The lowest BCUT2D eigenvalue weighted by atomic mass is 10.1. The topological polar surface area (TPSA) is 38.0 Å². The molecule has 0 saturated heterocycles. The Morgan fingerprint density at radius 2 is 1.71 bits per heavy atom. The first-order valence-corrected chi connectivity index (χ1v) is 7.13. The number of hydrogen-bond donors (Lipinski definition) is 2. The molecule has 0 fully saturated rings. The minimum atomic E-state index is -0.710. The highest BCUT2D eigenvalue weighted by Gasteiger charge is 2.15. The minimum Gasteiger partial charge on any atom is -0.389 e. The van der Waals surface area contributed by atoms with E-state index in [1.54, 1.807) is 0 Å². The van der Waals surface area contributed by atoms with E-state index in [0.29, 0.717) is 5.69 Å². The second-order valence-corrected chi connectivity index (χ2v) is 5.58. The van der Waals surface area contributed by atoms with Gasteiger partial charge in [0, 0.05) is 11.3 Å². The monoisotopic (exact) mass is 304 g/mol. The first-order valence-electron chi connectivity index (χ1n) is 6.72. The molecule has 1 aliphatic carbocycles. The fourth-order valence-electron chi connectivity index (χ4n) is 2.63. The van der Waals surface area contributed by atoms with Crippen molar-refractivity contribution in [3.63, 3.8) is 0 Å². The van der Waals surface area contributed by atoms with Crippen molar-refractivity contribution in [3.8, 4) is 0 Å². The van der Waals surface area contributed by atoms with Crippen molar-refractivity contribution in [2.24, 2.45) is 5.73 Å². The van der Waals surface area contributed by atoms with E-state index in [0.717, 1.165) is 31.4 Å². The lowest BCUT2D eigenvalue weighted by molar-refractivity contribution is 0.590. The van der Waals surface area contributed by atoms with Gasteiger partial charge in [-0.25, -0.2) is 8.78 Å². The summed E-state index contributed by atoms with van der Waals surface area (Å²) in [5.74, 6) is -1.42. The quantitative estimate of drug-likeness (QED) is 0.846. The zero-order valence-corrected chi connectivity index (χ0v) is 12.1. The van der Waals surface area contributed by atoms with E-state index in [1.165, 1.54) is 11.1 Å². The van der Waals surface area contributed by atoms with Crippen molar-refractivity contribution in [3.05, 3.63) is 58.7 Å². The Hall–Kier alpha value is -2.01. The molecule has 1 aliphatic rings. The van der Waals surface area contributed by atoms with E-state index in [-0.39, 0.29) is 16.2 Å². The van der Waals surface area contributed by atoms with Gasteiger partial charge in [0.1, 0.15) is 22.3 Å². The van der Waals surface area contributed by atoms with Crippen molar-refractivity contribution in [1.82, 2.24) is 0 Å². The summed E-state index contributed by atoms with van der Waals surface area (Å²) in [5, 5.41) is 2.80. The summed E-state index contributed by atoms with van der Waals surface area (Å²) in [6, 6.07) is 8.07. The molecule has 21 heavy (non-hydrogen) atoms. The van der Waals surface area contributed by atoms with E-state index in [1.807, 2.05) is 18.2 Å². The number of rotatable bonds is 3. The highest BCUT2D eigenvalue weighted by atomic mass is 32.1. The van der Waals surface area contributed by atoms with Gasteiger partial charge in [0.05, 0.1) is 0 Å². The van der Waals surface area contributed by atoms with Gasteiger partial charge in [-0.3, -0.25) is 0 Å². The number of nitrogens with one attached hydrogen (secondary N) is 1. The van der Waals surface area contributed by atoms with Gasteiger partial charge in [-0.15, -0.1) is 0 Å². The maximum absolute atomic E-state index is 14.0. The molecular weight excluding hydrogens is 290 g/mol. The molecule has 0 saturated carbocycles. The van der Waals surface area contributed by atoms with Crippen LogP contribution in [0.3, 0.4) is 0 Å². The Morgan fingerprint density at radius 3 is 2.38 bits per heavy atom. The summed E-state index contributed by atoms with van der Waals surface area (Å²) < 4.78 is 28.0. The molecule has 0 atom stereocenters. The zero-order chi connectivity index (χ0) is 15.0. The second-order valence-electron chi connectivity index (χ2n) is 5.14. The summed E-state index contributed by atoms with van der Waals surface area (Å²) in [7, 11) is 0. The number of halogens is 2. The van der Waals surface area contributed by atoms with Crippen LogP contribution in [0.5, 0.6) is 0 Å². The molecule has 3 rings (SSSR count). The van der Waals surface area contributed by atoms with Gasteiger partial charge in [-0.05, 0) is 54.7 Å². The second kappa shape index (κ2) is 5.41. The van der Waals surface area contributed by atoms with Gasteiger partial charge >= 0.3 is 0 Å². The Balaban J connectivity index is 1.93. The third-order valence-electron chi connectivity index (χ3n) is 3.69. The molecule has 2 aromatic rings. The van der Waals surface area contributed by atoms with Crippen LogP contribution in [0.4, 0.5) is 20.2 Å². The summed E-state index contributed by atoms with van der Waals surface area (Å²) in [4.78, 5) is -0.0307. The van der Waals surface area contributed by atoms with Crippen molar-refractivity contribution in [2.45, 2.75) is 19.3 Å². The Labute approximate surface area is 127 Å². The maximum atomic E-state index is 14.0. The SMILES string of the molecule is NC(=S)c1cc(F)c(Nc2ccc3c(c2)CCC3)c(F)c1. The highest BCUT2D eigenvalue weighted by Crippen LogP contribution is 2.29. The highest BCUT2D eigenvalue weighted by molar-refractivity contribution is 7.80. The fourth-order valence-corrected chi connectivity index (χ4v) is 2.75. The van der Waals surface area contributed by atoms with Gasteiger partial charge in [-0.2, -0.15) is 0 Å². The minimum absolute atomic E-state index is 0.0307. The average molecular weight is 304 g/mol. The molecule has 0 radical (unpaired) electrons. The third kappa shape index (κ3) is 2.74. The van der Waals surface area contributed by atoms with Gasteiger partial charge in [0.2, 0.25) is 0 Å². The summed E-state index contributed by atoms with van der Waals surface area (Å²) in [6.45, 7) is 0. The number of thiocarbonyl (C=S) groups is 1. The molecule has 0 heterocycles. The molecule has 0 unspecified atom stereocenters. The number of fused-ring (bicyclic) bond motifs is 1. The van der Waals surface area contributed by atoms with Crippen LogP contribution in [0.2, 0.25) is 0 Å². The van der Waals surface area contributed by atoms with Crippen LogP contribution in [0.25, 0.3) is 0 Å². The van der Waals surface area contributed by atoms with Crippen LogP contribution in [-0.2, 0) is 12.8 Å². The first kappa shape index (κ1) is 13.9. The van der Waals surface area contributed by atoms with Gasteiger partial charge in [0.25, 0.3) is 0 Å². The number of anilines is 2. The van der Waals surface area contributed by atoms with Crippen LogP contribution in [0.15, 0.2) is 30.3 Å². The van der Waals surface area contributed by atoms with Crippen molar-refractivity contribution < 1.29 is 8.78 Å². The normalized spacial score (nSPS) is 13.0. The molecule has 0 spiro atoms. The van der Waals surface area contributed by atoms with E-state index in [9.17, 15) is 8.78 Å². The van der Waals surface area contributed by atoms with Crippen LogP contribution < -0.4 is 11.1 Å². The predicted molar refractivity (Wildman–Crippen MR) is 84.0 cm³/mol. The van der Waals surface area contributed by atoms with Crippen LogP contribution in [0.1, 0.15) is 23.1 Å². The smallest absolute Gasteiger partial charge is 0.150 e. The Kier molecular flexibility index (Phi) is 3.59. The van der Waals surface area contributed by atoms with E-state index in [2.05, 4.69) is 5.32 Å². The van der Waals surface area contributed by atoms with Crippen LogP contribution >= 0.6 is 12.2 Å². The summed E-state index contributed by atoms with van der Waals surface area (Å²) >= 11 is 4.73. The lowest BCUT2D eigenvalue weighted by Crippen LogP contribution is -2.11. The van der Waals surface area contributed by atoms with E-state index < -0.39 is 11.6 Å². The van der Waals surface area contributed by atoms with Crippen molar-refractivity contribution >= 4 is 28.6 Å². The fraction of sp³-hybridized carbons (Fsp3) is 0.188. The van der Waals surface area contributed by atoms with Crippen LogP contribution in [0, 0.1) is 11.6 Å². The van der Waals surface area contributed by atoms with Gasteiger partial charge in [0.15, 0.2) is 0 Å². The molecule has 2 nitrogen and oxygen atoms in total. The predicted octanol–water partition coefficient (Wildman–Crippen LogP) is 3.83. The van der Waals surface area contributed by atoms with E-state index >= 15 is 0 Å². The Morgan fingerprint density at radius 1 is 1.05 bits per heavy atom. The molecule has 3 N–H and O–H groups in total. The number of aryl methyl sites for hydroxylation is 2. The molecule has 0 bridgehead atoms. The summed E-state index contributed by atoms with van der Waals surface area (Å²) in [6.07, 6.45) is 3.21. The number of nitrogens with two attached hydrogens (primary N) is 1. The zero-order valence-electron chi connectivity index (χ0n) is 11.2. The van der Waals surface area contributed by atoms with Crippen molar-refractivity contribution in [1.29, 1.82) is 0 Å². The molecule has 0 aliphatic heterocycles. The van der Waals surface area contributed by atoms with Gasteiger partial charge in [-0.1, -0.05) is 18.3 Å².